The molecule has 0 unspecified atom stereocenters. The molecule has 6 heteroatoms. The number of benzene rings is 17. The van der Waals surface area contributed by atoms with Gasteiger partial charge in [-0.15, -0.1) is 0 Å². The largest absolute Gasteiger partial charge is 0.345 e. The number of rotatable bonds is 15. The summed E-state index contributed by atoms with van der Waals surface area (Å²) in [7, 11) is 12.6. The zero-order valence-electron chi connectivity index (χ0n) is 63.6. The minimum Gasteiger partial charge on any atom is -0.345 e. The van der Waals surface area contributed by atoms with E-state index < -0.39 is 0 Å². The summed E-state index contributed by atoms with van der Waals surface area (Å²) < 4.78 is 0. The predicted molar refractivity (Wildman–Crippen MR) is 477 cm³/mol. The number of nitrogens with zero attached hydrogens (tertiary/aromatic N) is 6. The average molecular weight is 1430 g/mol. The highest BCUT2D eigenvalue weighted by Crippen LogP contribution is 2.36. The zero-order valence-corrected chi connectivity index (χ0v) is 63.6. The first-order valence-electron chi connectivity index (χ1n) is 37.3. The molecule has 0 aliphatic carbocycles. The van der Waals surface area contributed by atoms with E-state index in [1.165, 1.54) is 123 Å². The second-order valence-corrected chi connectivity index (χ2v) is 26.4. The van der Waals surface area contributed by atoms with Gasteiger partial charge >= 0.3 is 0 Å². The van der Waals surface area contributed by atoms with E-state index in [9.17, 15) is 0 Å². The molecule has 0 atom stereocenters. The zero-order chi connectivity index (χ0) is 75.9. The Morgan fingerprint density at radius 3 is 0.836 bits per heavy atom. The number of anilines is 12. The molecule has 0 saturated heterocycles. The van der Waals surface area contributed by atoms with E-state index in [1.54, 1.807) is 0 Å². The monoisotopic (exact) mass is 1430 g/mol. The lowest BCUT2D eigenvalue weighted by molar-refractivity contribution is 1.21. The van der Waals surface area contributed by atoms with Crippen molar-refractivity contribution in [3.05, 3.63) is 461 Å². The fraction of sp³-hybridized carbons (Fsp3) is 0.0577. The average Bonchev–Trinajstić information content (AvgIpc) is 0.801. The summed E-state index contributed by atoms with van der Waals surface area (Å²) in [6.45, 7) is 0. The van der Waals surface area contributed by atoms with Gasteiger partial charge in [-0.3, -0.25) is 0 Å². The molecule has 0 spiro atoms. The van der Waals surface area contributed by atoms with Gasteiger partial charge in [-0.05, 0) is 177 Å². The maximum absolute atomic E-state index is 2.22. The van der Waals surface area contributed by atoms with Crippen LogP contribution in [-0.4, -0.2) is 42.3 Å². The Kier molecular flexibility index (Phi) is 27.1. The summed E-state index contributed by atoms with van der Waals surface area (Å²) in [5, 5.41) is 5.12. The summed E-state index contributed by atoms with van der Waals surface area (Å²) >= 11 is 0. The highest BCUT2D eigenvalue weighted by atomic mass is 15.1. The molecular formula is C104H94N6. The normalized spacial score (nSPS) is 10.3. The molecule has 0 amide bonds. The van der Waals surface area contributed by atoms with Gasteiger partial charge in [-0.2, -0.15) is 0 Å². The Balaban J connectivity index is 0.000000123. The molecule has 0 aliphatic heterocycles. The SMILES string of the molecule is CN(c1ccccc1)c1ccc(-c2ccccc2)cc1.CN(c1ccccc1)c1ccc2ccccc2c1.CN(c1ccccc1)c1cccc(-c2ccccc2)c1.CN(c1ccccc1)c1cccc2ccccc12.CN(c1ccccc1)c1ccccc1.CN(c1ccccc1)c1ccccc1-c1ccccc1. The van der Waals surface area contributed by atoms with Crippen LogP contribution in [0.25, 0.3) is 54.9 Å². The van der Waals surface area contributed by atoms with Crippen molar-refractivity contribution < 1.29 is 0 Å². The van der Waals surface area contributed by atoms with Gasteiger partial charge in [0.25, 0.3) is 0 Å². The lowest BCUT2D eigenvalue weighted by atomic mass is 10.0. The molecule has 540 valence electrons. The second-order valence-electron chi connectivity index (χ2n) is 26.4. The van der Waals surface area contributed by atoms with Crippen LogP contribution in [-0.2, 0) is 0 Å². The summed E-state index contributed by atoms with van der Waals surface area (Å²) in [5.41, 5.74) is 21.9. The van der Waals surface area contributed by atoms with E-state index >= 15 is 0 Å². The molecular weight excluding hydrogens is 1330 g/mol. The standard InChI is InChI=1S/3C19H17N.2C17H15N.C13H13N/c1-20(17-12-6-3-7-13-17)19-15-9-8-14-18(19)16-10-4-2-5-11-16;1-20(18-12-6-3-7-13-18)19-14-8-11-17(15-19)16-9-4-2-5-10-16;1-20(18-10-6-3-7-11-18)19-14-12-17(13-15-19)16-8-4-2-5-9-16;1-18(15-10-3-2-4-11-15)17-13-7-9-14-8-5-6-12-16(14)17;1-18(16-9-3-2-4-10-16)17-12-11-14-7-5-6-8-15(14)13-17;1-14(12-8-4-2-5-9-12)13-10-6-3-7-11-13/h3*2-15H,1H3;2*2-13H,1H3;2-11H,1H3. The van der Waals surface area contributed by atoms with Crippen molar-refractivity contribution in [1.82, 2.24) is 0 Å². The number of hydrogen-bond donors (Lipinski definition) is 0. The third-order valence-corrected chi connectivity index (χ3v) is 19.3. The van der Waals surface area contributed by atoms with Gasteiger partial charge in [0.1, 0.15) is 0 Å². The maximum Gasteiger partial charge on any atom is 0.0487 e. The molecule has 0 bridgehead atoms. The van der Waals surface area contributed by atoms with Gasteiger partial charge in [0, 0.05) is 121 Å². The first-order chi connectivity index (χ1) is 54.1. The van der Waals surface area contributed by atoms with Crippen molar-refractivity contribution in [2.24, 2.45) is 0 Å². The van der Waals surface area contributed by atoms with E-state index in [2.05, 4.69) is 472 Å². The van der Waals surface area contributed by atoms with Crippen molar-refractivity contribution in [2.75, 3.05) is 71.7 Å². The number of para-hydroxylation sites is 8. The summed E-state index contributed by atoms with van der Waals surface area (Å²) in [6, 6.07) is 160. The van der Waals surface area contributed by atoms with Crippen molar-refractivity contribution in [1.29, 1.82) is 0 Å². The van der Waals surface area contributed by atoms with E-state index in [0.717, 1.165) is 0 Å². The lowest BCUT2D eigenvalue weighted by Gasteiger charge is -2.22. The molecule has 0 N–H and O–H groups in total. The highest BCUT2D eigenvalue weighted by molar-refractivity contribution is 5.96. The van der Waals surface area contributed by atoms with Gasteiger partial charge in [0.2, 0.25) is 0 Å². The molecule has 110 heavy (non-hydrogen) atoms. The minimum atomic E-state index is 1.19. The first-order valence-corrected chi connectivity index (χ1v) is 37.3. The van der Waals surface area contributed by atoms with Crippen LogP contribution in [0, 0.1) is 0 Å². The van der Waals surface area contributed by atoms with Crippen LogP contribution in [0.1, 0.15) is 0 Å². The van der Waals surface area contributed by atoms with Crippen molar-refractivity contribution in [3.63, 3.8) is 0 Å². The molecule has 17 aromatic carbocycles. The maximum atomic E-state index is 2.22. The first kappa shape index (κ1) is 75.7. The summed E-state index contributed by atoms with van der Waals surface area (Å²) in [4.78, 5) is 13.2. The Hall–Kier alpha value is -13.9. The van der Waals surface area contributed by atoms with E-state index in [4.69, 9.17) is 0 Å². The van der Waals surface area contributed by atoms with Gasteiger partial charge in [0.15, 0.2) is 0 Å². The molecule has 0 heterocycles. The topological polar surface area (TPSA) is 19.4 Å². The van der Waals surface area contributed by atoms with E-state index in [1.807, 2.05) is 60.7 Å². The molecule has 0 saturated carbocycles. The molecule has 0 aliphatic rings. The minimum absolute atomic E-state index is 1.19. The summed E-state index contributed by atoms with van der Waals surface area (Å²) in [6.07, 6.45) is 0. The van der Waals surface area contributed by atoms with Crippen LogP contribution in [0.2, 0.25) is 0 Å². The Bertz CT molecular complexity index is 5440. The second kappa shape index (κ2) is 39.4. The fourth-order valence-electron chi connectivity index (χ4n) is 13.0. The van der Waals surface area contributed by atoms with Crippen LogP contribution in [0.15, 0.2) is 461 Å². The van der Waals surface area contributed by atoms with Crippen LogP contribution in [0.4, 0.5) is 68.2 Å². The van der Waals surface area contributed by atoms with Gasteiger partial charge < -0.3 is 29.4 Å². The quantitative estimate of drug-likeness (QED) is 0.101. The van der Waals surface area contributed by atoms with Gasteiger partial charge in [0.05, 0.1) is 0 Å². The predicted octanol–water partition coefficient (Wildman–Crippen LogP) is 28.0. The molecule has 0 aromatic heterocycles. The van der Waals surface area contributed by atoms with Crippen LogP contribution in [0.5, 0.6) is 0 Å². The van der Waals surface area contributed by atoms with Crippen LogP contribution in [0.3, 0.4) is 0 Å². The number of fused-ring (bicyclic) bond motifs is 2. The molecule has 6 nitrogen and oxygen atoms in total. The highest BCUT2D eigenvalue weighted by Gasteiger charge is 2.13. The fourth-order valence-corrected chi connectivity index (χ4v) is 13.0. The molecule has 0 radical (unpaired) electrons. The van der Waals surface area contributed by atoms with Gasteiger partial charge in [-0.1, -0.05) is 328 Å². The van der Waals surface area contributed by atoms with Crippen molar-refractivity contribution in [3.8, 4) is 33.4 Å². The summed E-state index contributed by atoms with van der Waals surface area (Å²) in [5.74, 6) is 0. The Morgan fingerprint density at radius 2 is 0.391 bits per heavy atom. The lowest BCUT2D eigenvalue weighted by Crippen LogP contribution is -2.10. The van der Waals surface area contributed by atoms with Crippen LogP contribution < -0.4 is 29.4 Å². The molecule has 17 rings (SSSR count). The number of hydrogen-bond acceptors (Lipinski definition) is 6. The smallest absolute Gasteiger partial charge is 0.0487 e. The van der Waals surface area contributed by atoms with Gasteiger partial charge in [-0.25, -0.2) is 0 Å². The Labute approximate surface area is 651 Å². The third-order valence-electron chi connectivity index (χ3n) is 19.3. The Morgan fingerprint density at radius 1 is 0.136 bits per heavy atom. The molecule has 0 fully saturated rings. The van der Waals surface area contributed by atoms with E-state index in [0.29, 0.717) is 0 Å². The van der Waals surface area contributed by atoms with Crippen LogP contribution >= 0.6 is 0 Å². The third kappa shape index (κ3) is 20.8. The molecule has 17 aromatic rings. The van der Waals surface area contributed by atoms with Crippen molar-refractivity contribution in [2.45, 2.75) is 0 Å². The van der Waals surface area contributed by atoms with Crippen molar-refractivity contribution >= 4 is 89.8 Å². The van der Waals surface area contributed by atoms with E-state index in [-0.39, 0.29) is 0 Å².